The van der Waals surface area contributed by atoms with Crippen molar-refractivity contribution >= 4 is 30.7 Å². The molecule has 1 aliphatic heterocycles. The van der Waals surface area contributed by atoms with E-state index in [1.165, 1.54) is 25.7 Å². The van der Waals surface area contributed by atoms with Gasteiger partial charge in [-0.2, -0.15) is 0 Å². The zero-order chi connectivity index (χ0) is 20.1. The normalized spacial score (nSPS) is 21.8. The predicted octanol–water partition coefficient (Wildman–Crippen LogP) is 4.65. The van der Waals surface area contributed by atoms with Crippen LogP contribution in [-0.4, -0.2) is 29.6 Å². The number of benzene rings is 1. The van der Waals surface area contributed by atoms with Crippen molar-refractivity contribution in [3.63, 3.8) is 0 Å². The number of fused-ring (bicyclic) bond motifs is 1. The molecular weight excluding hydrogens is 437 g/mol. The molecule has 0 bridgehead atoms. The fraction of sp³-hybridized carbons (Fsp3) is 0.478. The van der Waals surface area contributed by atoms with Gasteiger partial charge in [0.05, 0.1) is 12.6 Å². The largest absolute Gasteiger partial charge is 0.490 e. The molecule has 1 aromatic carbocycles. The van der Waals surface area contributed by atoms with Crippen LogP contribution >= 0.6 is 24.8 Å². The smallest absolute Gasteiger partial charge is 0.237 e. The van der Waals surface area contributed by atoms with Crippen LogP contribution in [0.15, 0.2) is 42.6 Å². The van der Waals surface area contributed by atoms with E-state index >= 15 is 0 Å². The molecule has 8 heteroatoms. The van der Waals surface area contributed by atoms with Crippen LogP contribution in [0.2, 0.25) is 0 Å². The third-order valence-electron chi connectivity index (χ3n) is 5.81. The monoisotopic (exact) mass is 467 g/mol. The number of carbonyl (C=O) groups excluding carboxylic acids is 1. The zero-order valence-electron chi connectivity index (χ0n) is 17.7. The number of hydrogen-bond acceptors (Lipinski definition) is 5. The van der Waals surface area contributed by atoms with Crippen LogP contribution in [0.5, 0.6) is 17.4 Å². The molecule has 0 spiro atoms. The number of nitrogens with zero attached hydrogens (tertiary/aromatic N) is 1. The molecule has 6 nitrogen and oxygen atoms in total. The first kappa shape index (κ1) is 25.2. The lowest BCUT2D eigenvalue weighted by molar-refractivity contribution is -0.123. The van der Waals surface area contributed by atoms with Gasteiger partial charge in [0.25, 0.3) is 0 Å². The fourth-order valence-corrected chi connectivity index (χ4v) is 4.33. The molecule has 4 rings (SSSR count). The molecule has 2 N–H and O–H groups in total. The van der Waals surface area contributed by atoms with E-state index in [0.717, 1.165) is 12.0 Å². The lowest BCUT2D eigenvalue weighted by atomic mass is 9.85. The highest BCUT2D eigenvalue weighted by atomic mass is 35.5. The van der Waals surface area contributed by atoms with Gasteiger partial charge in [-0.15, -0.1) is 24.8 Å². The van der Waals surface area contributed by atoms with Crippen molar-refractivity contribution in [2.45, 2.75) is 57.7 Å². The van der Waals surface area contributed by atoms with Crippen molar-refractivity contribution in [3.05, 3.63) is 48.2 Å². The minimum atomic E-state index is -0.0614. The van der Waals surface area contributed by atoms with Crippen LogP contribution in [0.25, 0.3) is 0 Å². The van der Waals surface area contributed by atoms with Crippen LogP contribution in [-0.2, 0) is 11.3 Å². The molecule has 2 heterocycles. The first-order valence-corrected chi connectivity index (χ1v) is 10.6. The van der Waals surface area contributed by atoms with E-state index in [1.807, 2.05) is 43.3 Å². The fourth-order valence-electron chi connectivity index (χ4n) is 4.33. The van der Waals surface area contributed by atoms with Gasteiger partial charge in [-0.25, -0.2) is 4.98 Å². The van der Waals surface area contributed by atoms with Gasteiger partial charge in [-0.05, 0) is 49.8 Å². The molecule has 1 aliphatic carbocycles. The first-order valence-electron chi connectivity index (χ1n) is 10.6. The van der Waals surface area contributed by atoms with Crippen LogP contribution in [0.1, 0.15) is 44.6 Å². The first-order chi connectivity index (χ1) is 14.2. The minimum absolute atomic E-state index is 0. The molecule has 3 atom stereocenters. The number of para-hydroxylation sites is 2. The molecule has 2 aromatic rings. The summed E-state index contributed by atoms with van der Waals surface area (Å²) in [5.74, 6) is 2.57. The highest BCUT2D eigenvalue weighted by Crippen LogP contribution is 2.33. The molecule has 1 aromatic heterocycles. The Morgan fingerprint density at radius 3 is 2.61 bits per heavy atom. The standard InChI is InChI=1S/C23H29N3O3.2ClH/c1-2-28-20-9-5-6-10-21(20)29-22-12-11-16(14-24-22)15-25-23(27)19-13-17-7-3-4-8-18(17)26-19;;/h5-6,9-12,14,17-19,26H,2-4,7-8,13,15H2,1H3,(H,25,27);2*1H. The number of hydrogen-bond donors (Lipinski definition) is 2. The third kappa shape index (κ3) is 6.48. The maximum atomic E-state index is 12.5. The highest BCUT2D eigenvalue weighted by Gasteiger charge is 2.37. The Morgan fingerprint density at radius 2 is 1.90 bits per heavy atom. The molecule has 3 unspecified atom stereocenters. The van der Waals surface area contributed by atoms with Gasteiger partial charge >= 0.3 is 0 Å². The average Bonchev–Trinajstić information content (AvgIpc) is 3.19. The summed E-state index contributed by atoms with van der Waals surface area (Å²) in [7, 11) is 0. The maximum absolute atomic E-state index is 12.5. The van der Waals surface area contributed by atoms with E-state index in [0.29, 0.717) is 42.5 Å². The minimum Gasteiger partial charge on any atom is -0.490 e. The van der Waals surface area contributed by atoms with Crippen LogP contribution < -0.4 is 20.1 Å². The quantitative estimate of drug-likeness (QED) is 0.619. The van der Waals surface area contributed by atoms with Gasteiger partial charge in [0.15, 0.2) is 11.5 Å². The SMILES string of the molecule is CCOc1ccccc1Oc1ccc(CNC(=O)C2CC3CCCCC3N2)cn1.Cl.Cl. The van der Waals surface area contributed by atoms with Gasteiger partial charge in [0.2, 0.25) is 11.8 Å². The Bertz CT molecular complexity index is 821. The predicted molar refractivity (Wildman–Crippen MR) is 126 cm³/mol. The average molecular weight is 468 g/mol. The number of ether oxygens (including phenoxy) is 2. The Kier molecular flexibility index (Phi) is 9.88. The lowest BCUT2D eigenvalue weighted by Crippen LogP contribution is -2.42. The van der Waals surface area contributed by atoms with E-state index in [-0.39, 0.29) is 36.8 Å². The molecule has 1 saturated heterocycles. The van der Waals surface area contributed by atoms with Crippen molar-refractivity contribution in [1.29, 1.82) is 0 Å². The maximum Gasteiger partial charge on any atom is 0.237 e. The number of rotatable bonds is 7. The lowest BCUT2D eigenvalue weighted by Gasteiger charge is -2.24. The Balaban J connectivity index is 0.00000171. The van der Waals surface area contributed by atoms with Gasteiger partial charge in [0.1, 0.15) is 0 Å². The number of aromatic nitrogens is 1. The van der Waals surface area contributed by atoms with Gasteiger partial charge < -0.3 is 20.1 Å². The highest BCUT2D eigenvalue weighted by molar-refractivity contribution is 5.85. The molecular formula is C23H31Cl2N3O3. The van der Waals surface area contributed by atoms with E-state index in [2.05, 4.69) is 15.6 Å². The number of amides is 1. The summed E-state index contributed by atoms with van der Waals surface area (Å²) in [5.41, 5.74) is 0.944. The van der Waals surface area contributed by atoms with E-state index in [9.17, 15) is 4.79 Å². The van der Waals surface area contributed by atoms with Crippen molar-refractivity contribution in [2.75, 3.05) is 6.61 Å². The van der Waals surface area contributed by atoms with E-state index in [1.54, 1.807) is 6.20 Å². The zero-order valence-corrected chi connectivity index (χ0v) is 19.3. The Morgan fingerprint density at radius 1 is 1.13 bits per heavy atom. The van der Waals surface area contributed by atoms with E-state index in [4.69, 9.17) is 9.47 Å². The van der Waals surface area contributed by atoms with Crippen LogP contribution in [0.3, 0.4) is 0 Å². The van der Waals surface area contributed by atoms with Gasteiger partial charge in [0, 0.05) is 24.8 Å². The van der Waals surface area contributed by atoms with E-state index < -0.39 is 0 Å². The Labute approximate surface area is 196 Å². The van der Waals surface area contributed by atoms with Gasteiger partial charge in [-0.1, -0.05) is 31.0 Å². The number of carbonyl (C=O) groups is 1. The Hall–Kier alpha value is -2.02. The third-order valence-corrected chi connectivity index (χ3v) is 5.81. The molecule has 1 saturated carbocycles. The van der Waals surface area contributed by atoms with Crippen molar-refractivity contribution in [1.82, 2.24) is 15.6 Å². The van der Waals surface area contributed by atoms with Crippen molar-refractivity contribution in [2.24, 2.45) is 5.92 Å². The second-order valence-electron chi connectivity index (χ2n) is 7.81. The number of pyridine rings is 1. The van der Waals surface area contributed by atoms with Gasteiger partial charge in [-0.3, -0.25) is 4.79 Å². The summed E-state index contributed by atoms with van der Waals surface area (Å²) in [5, 5.41) is 6.56. The summed E-state index contributed by atoms with van der Waals surface area (Å²) >= 11 is 0. The summed E-state index contributed by atoms with van der Waals surface area (Å²) in [6.07, 6.45) is 7.72. The molecule has 2 fully saturated rings. The molecule has 31 heavy (non-hydrogen) atoms. The molecule has 0 radical (unpaired) electrons. The summed E-state index contributed by atoms with van der Waals surface area (Å²) in [4.78, 5) is 16.9. The molecule has 170 valence electrons. The van der Waals surface area contributed by atoms with Crippen molar-refractivity contribution in [3.8, 4) is 17.4 Å². The number of nitrogens with one attached hydrogen (secondary N) is 2. The van der Waals surface area contributed by atoms with Crippen LogP contribution in [0.4, 0.5) is 0 Å². The van der Waals surface area contributed by atoms with Crippen LogP contribution in [0, 0.1) is 5.92 Å². The topological polar surface area (TPSA) is 72.5 Å². The summed E-state index contributed by atoms with van der Waals surface area (Å²) in [6, 6.07) is 11.7. The molecule has 2 aliphatic rings. The second kappa shape index (κ2) is 12.1. The second-order valence-corrected chi connectivity index (χ2v) is 7.81. The molecule has 1 amide bonds. The summed E-state index contributed by atoms with van der Waals surface area (Å²) < 4.78 is 11.4. The van der Waals surface area contributed by atoms with Crippen molar-refractivity contribution < 1.29 is 14.3 Å². The summed E-state index contributed by atoms with van der Waals surface area (Å²) in [6.45, 7) is 2.98. The number of halogens is 2.